The van der Waals surface area contributed by atoms with Crippen molar-refractivity contribution in [1.29, 1.82) is 0 Å². The predicted molar refractivity (Wildman–Crippen MR) is 85.2 cm³/mol. The third-order valence-electron chi connectivity index (χ3n) is 4.10. The highest BCUT2D eigenvalue weighted by atomic mass is 19.4. The van der Waals surface area contributed by atoms with E-state index < -0.39 is 36.4 Å². The Morgan fingerprint density at radius 3 is 2.40 bits per heavy atom. The van der Waals surface area contributed by atoms with E-state index in [1.807, 2.05) is 6.92 Å². The fourth-order valence-electron chi connectivity index (χ4n) is 2.83. The van der Waals surface area contributed by atoms with Crippen LogP contribution in [-0.2, 0) is 16.1 Å². The number of aromatic nitrogens is 2. The van der Waals surface area contributed by atoms with E-state index in [-0.39, 0.29) is 12.2 Å². The Morgan fingerprint density at radius 1 is 1.32 bits per heavy atom. The van der Waals surface area contributed by atoms with Crippen LogP contribution in [0.2, 0.25) is 0 Å². The second-order valence-corrected chi connectivity index (χ2v) is 6.15. The van der Waals surface area contributed by atoms with Gasteiger partial charge in [0.25, 0.3) is 0 Å². The summed E-state index contributed by atoms with van der Waals surface area (Å²) in [6.07, 6.45) is -3.29. The molecule has 2 atom stereocenters. The molecule has 0 aliphatic heterocycles. The number of nitrogens with one attached hydrogen (secondary N) is 1. The Morgan fingerprint density at radius 2 is 1.92 bits per heavy atom. The molecule has 0 fully saturated rings. The molecule has 9 heteroatoms. The molecule has 1 rings (SSSR count). The molecule has 1 amide bonds. The van der Waals surface area contributed by atoms with Crippen LogP contribution in [-0.4, -0.2) is 39.5 Å². The Balaban J connectivity index is 2.87. The van der Waals surface area contributed by atoms with Crippen molar-refractivity contribution in [2.24, 2.45) is 5.92 Å². The summed E-state index contributed by atoms with van der Waals surface area (Å²) in [5, 5.41) is 15.6. The van der Waals surface area contributed by atoms with Gasteiger partial charge < -0.3 is 10.4 Å². The zero-order valence-electron chi connectivity index (χ0n) is 14.8. The minimum absolute atomic E-state index is 0.0128. The number of alkyl halides is 3. The van der Waals surface area contributed by atoms with Crippen molar-refractivity contribution in [1.82, 2.24) is 15.1 Å². The summed E-state index contributed by atoms with van der Waals surface area (Å²) in [6, 6.07) is 0. The fourth-order valence-corrected chi connectivity index (χ4v) is 2.83. The molecule has 0 aromatic carbocycles. The summed E-state index contributed by atoms with van der Waals surface area (Å²) in [7, 11) is 0. The first-order chi connectivity index (χ1) is 11.5. The summed E-state index contributed by atoms with van der Waals surface area (Å²) in [5.41, 5.74) is 1.07. The molecule has 1 aromatic rings. The van der Waals surface area contributed by atoms with Gasteiger partial charge in [0, 0.05) is 17.8 Å². The monoisotopic (exact) mass is 363 g/mol. The van der Waals surface area contributed by atoms with Crippen LogP contribution in [0.4, 0.5) is 13.2 Å². The Kier molecular flexibility index (Phi) is 7.01. The summed E-state index contributed by atoms with van der Waals surface area (Å²) in [4.78, 5) is 23.4. The van der Waals surface area contributed by atoms with Gasteiger partial charge in [0.2, 0.25) is 5.91 Å². The van der Waals surface area contributed by atoms with Crippen LogP contribution in [0.5, 0.6) is 0 Å². The van der Waals surface area contributed by atoms with E-state index >= 15 is 0 Å². The molecule has 142 valence electrons. The molecule has 2 unspecified atom stereocenters. The lowest BCUT2D eigenvalue weighted by atomic mass is 9.97. The van der Waals surface area contributed by atoms with Crippen molar-refractivity contribution < 1.29 is 27.9 Å². The Bertz CT molecular complexity index is 626. The number of rotatable bonds is 8. The van der Waals surface area contributed by atoms with Gasteiger partial charge in [-0.25, -0.2) is 0 Å². The van der Waals surface area contributed by atoms with E-state index in [2.05, 4.69) is 10.4 Å². The topological polar surface area (TPSA) is 84.2 Å². The first kappa shape index (κ1) is 21.0. The number of nitrogens with zero attached hydrogens (tertiary/aromatic N) is 2. The average molecular weight is 363 g/mol. The number of carbonyl (C=O) groups is 2. The van der Waals surface area contributed by atoms with Crippen LogP contribution in [0.15, 0.2) is 0 Å². The second-order valence-electron chi connectivity index (χ2n) is 6.15. The molecule has 25 heavy (non-hydrogen) atoms. The second kappa shape index (κ2) is 8.35. The molecule has 0 saturated carbocycles. The van der Waals surface area contributed by atoms with Crippen LogP contribution in [0, 0.1) is 19.8 Å². The van der Waals surface area contributed by atoms with Crippen molar-refractivity contribution in [3.8, 4) is 0 Å². The molecule has 0 saturated heterocycles. The quantitative estimate of drug-likeness (QED) is 0.744. The molecular weight excluding hydrogens is 339 g/mol. The van der Waals surface area contributed by atoms with E-state index in [1.165, 1.54) is 6.92 Å². The third kappa shape index (κ3) is 5.75. The van der Waals surface area contributed by atoms with Gasteiger partial charge in [-0.1, -0.05) is 13.3 Å². The highest BCUT2D eigenvalue weighted by Gasteiger charge is 2.31. The van der Waals surface area contributed by atoms with Crippen molar-refractivity contribution in [3.05, 3.63) is 17.0 Å². The van der Waals surface area contributed by atoms with Crippen LogP contribution >= 0.6 is 0 Å². The van der Waals surface area contributed by atoms with Gasteiger partial charge in [-0.05, 0) is 27.2 Å². The number of halogens is 3. The van der Waals surface area contributed by atoms with Gasteiger partial charge in [0.15, 0.2) is 0 Å². The molecular formula is C16H24F3N3O3. The van der Waals surface area contributed by atoms with Gasteiger partial charge in [-0.2, -0.15) is 18.3 Å². The highest BCUT2D eigenvalue weighted by molar-refractivity contribution is 5.84. The van der Waals surface area contributed by atoms with Crippen LogP contribution < -0.4 is 5.32 Å². The summed E-state index contributed by atoms with van der Waals surface area (Å²) in [5.74, 6) is -2.82. The minimum Gasteiger partial charge on any atom is -0.481 e. The van der Waals surface area contributed by atoms with Crippen molar-refractivity contribution in [3.63, 3.8) is 0 Å². The maximum atomic E-state index is 12.6. The standard InChI is InChI=1S/C16H24F3N3O3/c1-5-6-12(15(24)25)7-20-14(23)9(2)13-10(3)21-22(11(13)4)8-16(17,18)19/h9,12H,5-8H2,1-4H3,(H,20,23)(H,24,25). The lowest BCUT2D eigenvalue weighted by molar-refractivity contribution is -0.143. The van der Waals surface area contributed by atoms with Gasteiger partial charge >= 0.3 is 12.1 Å². The number of hydrogen-bond donors (Lipinski definition) is 2. The smallest absolute Gasteiger partial charge is 0.408 e. The maximum absolute atomic E-state index is 12.6. The van der Waals surface area contributed by atoms with Crippen LogP contribution in [0.1, 0.15) is 49.6 Å². The average Bonchev–Trinajstić information content (AvgIpc) is 2.74. The van der Waals surface area contributed by atoms with Crippen molar-refractivity contribution >= 4 is 11.9 Å². The number of aliphatic carboxylic acids is 1. The molecule has 1 heterocycles. The zero-order valence-corrected chi connectivity index (χ0v) is 14.8. The van der Waals surface area contributed by atoms with Crippen molar-refractivity contribution in [2.45, 2.75) is 59.2 Å². The number of hydrogen-bond acceptors (Lipinski definition) is 3. The molecule has 0 spiro atoms. The van der Waals surface area contributed by atoms with Gasteiger partial charge in [-0.15, -0.1) is 0 Å². The number of aryl methyl sites for hydroxylation is 1. The minimum atomic E-state index is -4.40. The summed E-state index contributed by atoms with van der Waals surface area (Å²) in [6.45, 7) is 5.23. The first-order valence-electron chi connectivity index (χ1n) is 8.09. The Labute approximate surface area is 144 Å². The third-order valence-corrected chi connectivity index (χ3v) is 4.10. The summed E-state index contributed by atoms with van der Waals surface area (Å²) < 4.78 is 38.6. The molecule has 0 radical (unpaired) electrons. The fraction of sp³-hybridized carbons (Fsp3) is 0.688. The molecule has 0 aliphatic carbocycles. The number of carboxylic acids is 1. The van der Waals surface area contributed by atoms with Gasteiger partial charge in [0.1, 0.15) is 6.54 Å². The highest BCUT2D eigenvalue weighted by Crippen LogP contribution is 2.26. The number of amides is 1. The first-order valence-corrected chi connectivity index (χ1v) is 8.09. The van der Waals surface area contributed by atoms with E-state index in [0.29, 0.717) is 24.1 Å². The normalized spacial score (nSPS) is 14.2. The molecule has 2 N–H and O–H groups in total. The van der Waals surface area contributed by atoms with Gasteiger partial charge in [0.05, 0.1) is 17.5 Å². The predicted octanol–water partition coefficient (Wildman–Crippen LogP) is 2.78. The van der Waals surface area contributed by atoms with Crippen LogP contribution in [0.3, 0.4) is 0 Å². The van der Waals surface area contributed by atoms with E-state index in [1.54, 1.807) is 13.8 Å². The van der Waals surface area contributed by atoms with Crippen molar-refractivity contribution in [2.75, 3.05) is 6.54 Å². The van der Waals surface area contributed by atoms with Gasteiger partial charge in [-0.3, -0.25) is 14.3 Å². The lowest BCUT2D eigenvalue weighted by Gasteiger charge is -2.16. The zero-order chi connectivity index (χ0) is 19.4. The molecule has 0 bridgehead atoms. The van der Waals surface area contributed by atoms with E-state index in [9.17, 15) is 22.8 Å². The molecule has 6 nitrogen and oxygen atoms in total. The van der Waals surface area contributed by atoms with Crippen LogP contribution in [0.25, 0.3) is 0 Å². The van der Waals surface area contributed by atoms with E-state index in [4.69, 9.17) is 5.11 Å². The molecule has 0 aliphatic rings. The summed E-state index contributed by atoms with van der Waals surface area (Å²) >= 11 is 0. The molecule has 1 aromatic heterocycles. The number of carboxylic acid groups (broad SMARTS) is 1. The lowest BCUT2D eigenvalue weighted by Crippen LogP contribution is -2.35. The maximum Gasteiger partial charge on any atom is 0.408 e. The number of carbonyl (C=O) groups excluding carboxylic acids is 1. The largest absolute Gasteiger partial charge is 0.481 e. The van der Waals surface area contributed by atoms with E-state index in [0.717, 1.165) is 4.68 Å². The SMILES string of the molecule is CCCC(CNC(=O)C(C)c1c(C)nn(CC(F)(F)F)c1C)C(=O)O. The Hall–Kier alpha value is -2.06.